The third-order valence-corrected chi connectivity index (χ3v) is 4.80. The first-order valence-corrected chi connectivity index (χ1v) is 7.54. The largest absolute Gasteiger partial charge is 0.351 e. The molecule has 1 aliphatic heterocycles. The van der Waals surface area contributed by atoms with Gasteiger partial charge in [0.05, 0.1) is 0 Å². The molecule has 4 heteroatoms. The van der Waals surface area contributed by atoms with Crippen molar-refractivity contribution in [3.8, 4) is 0 Å². The predicted molar refractivity (Wildman–Crippen MR) is 81.6 cm³/mol. The van der Waals surface area contributed by atoms with Crippen molar-refractivity contribution >= 4 is 18.3 Å². The van der Waals surface area contributed by atoms with Crippen molar-refractivity contribution in [2.75, 3.05) is 6.54 Å². The summed E-state index contributed by atoms with van der Waals surface area (Å²) >= 11 is 0. The van der Waals surface area contributed by atoms with E-state index in [-0.39, 0.29) is 23.9 Å². The van der Waals surface area contributed by atoms with Gasteiger partial charge < -0.3 is 10.6 Å². The molecule has 0 radical (unpaired) electrons. The predicted octanol–water partition coefficient (Wildman–Crippen LogP) is 2.88. The van der Waals surface area contributed by atoms with Crippen LogP contribution in [0, 0.1) is 11.8 Å². The number of hydrogen-bond acceptors (Lipinski definition) is 2. The zero-order valence-electron chi connectivity index (χ0n) is 12.5. The monoisotopic (exact) mass is 288 g/mol. The fourth-order valence-corrected chi connectivity index (χ4v) is 3.29. The van der Waals surface area contributed by atoms with E-state index in [2.05, 4.69) is 31.4 Å². The lowest BCUT2D eigenvalue weighted by Gasteiger charge is -2.39. The quantitative estimate of drug-likeness (QED) is 0.820. The molecule has 1 amide bonds. The van der Waals surface area contributed by atoms with E-state index < -0.39 is 0 Å². The maximum Gasteiger partial charge on any atom is 0.223 e. The molecule has 1 aliphatic carbocycles. The summed E-state index contributed by atoms with van der Waals surface area (Å²) < 4.78 is 0. The number of nitrogens with one attached hydrogen (secondary N) is 2. The molecular weight excluding hydrogens is 260 g/mol. The van der Waals surface area contributed by atoms with E-state index >= 15 is 0 Å². The molecule has 0 bridgehead atoms. The Morgan fingerprint density at radius 2 is 1.84 bits per heavy atom. The van der Waals surface area contributed by atoms with Crippen LogP contribution in [0.5, 0.6) is 0 Å². The normalized spacial score (nSPS) is 39.2. The molecule has 1 heterocycles. The first-order valence-electron chi connectivity index (χ1n) is 7.54. The van der Waals surface area contributed by atoms with Gasteiger partial charge in [-0.1, -0.05) is 6.92 Å². The van der Waals surface area contributed by atoms with Crippen LogP contribution >= 0.6 is 12.4 Å². The minimum absolute atomic E-state index is 0. The van der Waals surface area contributed by atoms with Gasteiger partial charge in [-0.15, -0.1) is 12.4 Å². The smallest absolute Gasteiger partial charge is 0.223 e. The van der Waals surface area contributed by atoms with E-state index in [1.165, 1.54) is 12.8 Å². The Balaban J connectivity index is 0.00000180. The van der Waals surface area contributed by atoms with Crippen molar-refractivity contribution in [1.82, 2.24) is 10.6 Å². The van der Waals surface area contributed by atoms with Crippen LogP contribution in [-0.2, 0) is 4.79 Å². The van der Waals surface area contributed by atoms with Gasteiger partial charge in [0, 0.05) is 17.5 Å². The van der Waals surface area contributed by atoms with Gasteiger partial charge in [-0.2, -0.15) is 0 Å². The maximum atomic E-state index is 12.4. The second kappa shape index (κ2) is 6.94. The van der Waals surface area contributed by atoms with Gasteiger partial charge >= 0.3 is 0 Å². The maximum absolute atomic E-state index is 12.4. The van der Waals surface area contributed by atoms with Crippen LogP contribution in [0.4, 0.5) is 0 Å². The van der Waals surface area contributed by atoms with Crippen LogP contribution in [-0.4, -0.2) is 24.0 Å². The van der Waals surface area contributed by atoms with E-state index in [0.29, 0.717) is 11.9 Å². The molecule has 112 valence electrons. The molecule has 1 saturated carbocycles. The third-order valence-electron chi connectivity index (χ3n) is 4.80. The number of halogens is 1. The van der Waals surface area contributed by atoms with E-state index in [4.69, 9.17) is 0 Å². The minimum atomic E-state index is 0. The number of carbonyl (C=O) groups is 1. The number of amides is 1. The molecular formula is C15H29ClN2O. The molecule has 0 aromatic heterocycles. The van der Waals surface area contributed by atoms with Gasteiger partial charge in [-0.25, -0.2) is 0 Å². The van der Waals surface area contributed by atoms with Gasteiger partial charge in [0.2, 0.25) is 5.91 Å². The van der Waals surface area contributed by atoms with Crippen LogP contribution in [0.1, 0.15) is 59.3 Å². The highest BCUT2D eigenvalue weighted by Gasteiger charge is 2.34. The van der Waals surface area contributed by atoms with E-state index in [9.17, 15) is 4.79 Å². The fraction of sp³-hybridized carbons (Fsp3) is 0.933. The molecule has 2 atom stereocenters. The van der Waals surface area contributed by atoms with Gasteiger partial charge in [0.25, 0.3) is 0 Å². The number of carbonyl (C=O) groups excluding carboxylic acids is 1. The first kappa shape index (κ1) is 16.8. The number of hydrogen-bond donors (Lipinski definition) is 2. The average molecular weight is 289 g/mol. The number of piperidine rings is 1. The minimum Gasteiger partial charge on any atom is -0.351 e. The third kappa shape index (κ3) is 4.64. The first-order chi connectivity index (χ1) is 8.48. The zero-order valence-corrected chi connectivity index (χ0v) is 13.3. The van der Waals surface area contributed by atoms with E-state index in [1.807, 2.05) is 0 Å². The fourth-order valence-electron chi connectivity index (χ4n) is 3.29. The van der Waals surface area contributed by atoms with Crippen LogP contribution < -0.4 is 10.6 Å². The Bertz CT molecular complexity index is 301. The van der Waals surface area contributed by atoms with Gasteiger partial charge in [0.1, 0.15) is 0 Å². The highest BCUT2D eigenvalue weighted by Crippen LogP contribution is 2.32. The molecule has 19 heavy (non-hydrogen) atoms. The summed E-state index contributed by atoms with van der Waals surface area (Å²) in [6.07, 6.45) is 6.75. The Labute approximate surface area is 123 Å². The molecule has 2 aliphatic rings. The Morgan fingerprint density at radius 1 is 1.21 bits per heavy atom. The van der Waals surface area contributed by atoms with Gasteiger partial charge in [0.15, 0.2) is 0 Å². The molecule has 2 rings (SSSR count). The zero-order chi connectivity index (χ0) is 13.2. The van der Waals surface area contributed by atoms with Crippen molar-refractivity contribution in [1.29, 1.82) is 0 Å². The van der Waals surface area contributed by atoms with Crippen LogP contribution in [0.3, 0.4) is 0 Å². The highest BCUT2D eigenvalue weighted by atomic mass is 35.5. The molecule has 2 fully saturated rings. The second-order valence-electron chi connectivity index (χ2n) is 6.81. The summed E-state index contributed by atoms with van der Waals surface area (Å²) in [6.45, 7) is 7.69. The molecule has 0 aromatic rings. The summed E-state index contributed by atoms with van der Waals surface area (Å²) in [6, 6.07) is 0.480. The molecule has 0 aromatic carbocycles. The van der Waals surface area contributed by atoms with Crippen molar-refractivity contribution in [2.24, 2.45) is 11.8 Å². The van der Waals surface area contributed by atoms with Crippen LogP contribution in [0.25, 0.3) is 0 Å². The lowest BCUT2D eigenvalue weighted by atomic mass is 9.78. The lowest BCUT2D eigenvalue weighted by Crippen LogP contribution is -2.52. The standard InChI is InChI=1S/C15H28N2O.ClH/c1-11-4-7-15(3,8-5-11)17-14(18)13-6-9-16-12(2)10-13;/h11-13,16H,4-10H2,1-3H3,(H,17,18);1H/t11?,12-,13-,15?;/m0./s1. The molecule has 2 N–H and O–H groups in total. The summed E-state index contributed by atoms with van der Waals surface area (Å²) in [5.74, 6) is 1.34. The van der Waals surface area contributed by atoms with Crippen LogP contribution in [0.15, 0.2) is 0 Å². The van der Waals surface area contributed by atoms with Crippen molar-refractivity contribution < 1.29 is 4.79 Å². The van der Waals surface area contributed by atoms with Crippen molar-refractivity contribution in [3.63, 3.8) is 0 Å². The van der Waals surface area contributed by atoms with Gasteiger partial charge in [-0.3, -0.25) is 4.79 Å². The Morgan fingerprint density at radius 3 is 2.42 bits per heavy atom. The van der Waals surface area contributed by atoms with E-state index in [1.54, 1.807) is 0 Å². The summed E-state index contributed by atoms with van der Waals surface area (Å²) in [4.78, 5) is 12.4. The highest BCUT2D eigenvalue weighted by molar-refractivity contribution is 5.85. The summed E-state index contributed by atoms with van der Waals surface area (Å²) in [7, 11) is 0. The number of rotatable bonds is 2. The molecule has 3 nitrogen and oxygen atoms in total. The van der Waals surface area contributed by atoms with Crippen molar-refractivity contribution in [3.05, 3.63) is 0 Å². The van der Waals surface area contributed by atoms with E-state index in [0.717, 1.165) is 38.1 Å². The van der Waals surface area contributed by atoms with Crippen molar-refractivity contribution in [2.45, 2.75) is 70.9 Å². The van der Waals surface area contributed by atoms with Gasteiger partial charge in [-0.05, 0) is 64.8 Å². The molecule has 0 unspecified atom stereocenters. The average Bonchev–Trinajstić information content (AvgIpc) is 2.33. The Kier molecular flexibility index (Phi) is 6.13. The second-order valence-corrected chi connectivity index (χ2v) is 6.81. The SMILES string of the molecule is CC1CCC(C)(NC(=O)[C@H]2CCN[C@@H](C)C2)CC1.Cl. The van der Waals surface area contributed by atoms with Crippen LogP contribution in [0.2, 0.25) is 0 Å². The Hall–Kier alpha value is -0.280. The molecule has 0 spiro atoms. The summed E-state index contributed by atoms with van der Waals surface area (Å²) in [5, 5.41) is 6.75. The lowest BCUT2D eigenvalue weighted by molar-refractivity contribution is -0.128. The topological polar surface area (TPSA) is 41.1 Å². The molecule has 1 saturated heterocycles. The summed E-state index contributed by atoms with van der Waals surface area (Å²) in [5.41, 5.74) is 0.0533.